The third kappa shape index (κ3) is 4.61. The highest BCUT2D eigenvalue weighted by Gasteiger charge is 2.21. The monoisotopic (exact) mass is 270 g/mol. The van der Waals surface area contributed by atoms with E-state index in [9.17, 15) is 9.59 Å². The predicted molar refractivity (Wildman–Crippen MR) is 65.6 cm³/mol. The summed E-state index contributed by atoms with van der Waals surface area (Å²) in [5.74, 6) is -0.397. The van der Waals surface area contributed by atoms with Crippen LogP contribution in [-0.2, 0) is 9.47 Å². The number of nitrogens with one attached hydrogen (secondary N) is 1. The Balaban J connectivity index is 2.63. The van der Waals surface area contributed by atoms with Crippen LogP contribution in [0.3, 0.4) is 0 Å². The number of hydrogen-bond donors (Lipinski definition) is 1. The first-order chi connectivity index (χ1) is 8.73. The van der Waals surface area contributed by atoms with E-state index >= 15 is 0 Å². The quantitative estimate of drug-likeness (QED) is 0.845. The summed E-state index contributed by atoms with van der Waals surface area (Å²) >= 11 is 0. The van der Waals surface area contributed by atoms with Gasteiger partial charge in [0.1, 0.15) is 17.9 Å². The number of amides is 1. The highest BCUT2D eigenvalue weighted by molar-refractivity contribution is 5.86. The number of hydrogen-bond acceptors (Lipinski definition) is 6. The smallest absolute Gasteiger partial charge is 0.408 e. The number of carbonyl (C=O) groups excluding carboxylic acids is 2. The van der Waals surface area contributed by atoms with E-state index in [1.54, 1.807) is 27.7 Å². The van der Waals surface area contributed by atoms with E-state index in [1.807, 2.05) is 0 Å². The van der Waals surface area contributed by atoms with E-state index in [0.29, 0.717) is 0 Å². The Morgan fingerprint density at radius 3 is 2.58 bits per heavy atom. The molecule has 0 spiro atoms. The number of rotatable bonds is 3. The summed E-state index contributed by atoms with van der Waals surface area (Å²) in [7, 11) is 1.25. The Bertz CT molecular complexity index is 461. The van der Waals surface area contributed by atoms with Gasteiger partial charge in [-0.1, -0.05) is 0 Å². The molecule has 1 heterocycles. The van der Waals surface area contributed by atoms with Gasteiger partial charge in [-0.25, -0.2) is 14.6 Å². The zero-order chi connectivity index (χ0) is 14.6. The zero-order valence-corrected chi connectivity index (χ0v) is 11.6. The average Bonchev–Trinajstić information content (AvgIpc) is 2.74. The van der Waals surface area contributed by atoms with Crippen molar-refractivity contribution in [3.8, 4) is 0 Å². The molecule has 0 radical (unpaired) electrons. The number of aromatic nitrogens is 1. The highest BCUT2D eigenvalue weighted by Crippen LogP contribution is 2.14. The SMILES string of the molecule is COC(=O)c1coc([C@H](C)NC(=O)OC(C)(C)C)n1. The predicted octanol–water partition coefficient (Wildman–Crippen LogP) is 2.05. The molecule has 19 heavy (non-hydrogen) atoms. The number of nitrogens with zero attached hydrogens (tertiary/aromatic N) is 1. The highest BCUT2D eigenvalue weighted by atomic mass is 16.6. The maximum atomic E-state index is 11.5. The zero-order valence-electron chi connectivity index (χ0n) is 11.6. The molecule has 0 unspecified atom stereocenters. The molecule has 7 nitrogen and oxygen atoms in total. The van der Waals surface area contributed by atoms with Crippen LogP contribution in [0.25, 0.3) is 0 Å². The van der Waals surface area contributed by atoms with Gasteiger partial charge in [0.05, 0.1) is 7.11 Å². The van der Waals surface area contributed by atoms with Gasteiger partial charge in [0.25, 0.3) is 0 Å². The number of oxazole rings is 1. The van der Waals surface area contributed by atoms with Crippen LogP contribution < -0.4 is 5.32 Å². The molecular formula is C12H18N2O5. The third-order valence-corrected chi connectivity index (χ3v) is 2.02. The first-order valence-electron chi connectivity index (χ1n) is 5.76. The summed E-state index contributed by atoms with van der Waals surface area (Å²) in [6.45, 7) is 6.95. The van der Waals surface area contributed by atoms with Crippen molar-refractivity contribution >= 4 is 12.1 Å². The first kappa shape index (κ1) is 15.0. The molecule has 0 saturated heterocycles. The molecule has 0 aliphatic carbocycles. The van der Waals surface area contributed by atoms with E-state index in [4.69, 9.17) is 9.15 Å². The van der Waals surface area contributed by atoms with Crippen LogP contribution in [0.2, 0.25) is 0 Å². The summed E-state index contributed by atoms with van der Waals surface area (Å²) in [4.78, 5) is 26.7. The molecule has 1 aromatic rings. The molecule has 0 fully saturated rings. The third-order valence-electron chi connectivity index (χ3n) is 2.02. The Labute approximate surface area is 111 Å². The maximum Gasteiger partial charge on any atom is 0.408 e. The van der Waals surface area contributed by atoms with Crippen molar-refractivity contribution in [3.63, 3.8) is 0 Å². The van der Waals surface area contributed by atoms with Gasteiger partial charge < -0.3 is 19.2 Å². The Kier molecular flexibility index (Phi) is 4.52. The number of esters is 1. The lowest BCUT2D eigenvalue weighted by molar-refractivity contribution is 0.0500. The molecule has 0 aliphatic rings. The molecule has 1 rings (SSSR count). The fourth-order valence-electron chi connectivity index (χ4n) is 1.23. The van der Waals surface area contributed by atoms with Gasteiger partial charge in [-0.3, -0.25) is 0 Å². The van der Waals surface area contributed by atoms with E-state index in [2.05, 4.69) is 15.0 Å². The van der Waals surface area contributed by atoms with Crippen molar-refractivity contribution in [3.05, 3.63) is 17.8 Å². The van der Waals surface area contributed by atoms with Crippen molar-refractivity contribution in [1.82, 2.24) is 10.3 Å². The van der Waals surface area contributed by atoms with Crippen molar-refractivity contribution in [2.45, 2.75) is 39.3 Å². The molecule has 0 aromatic carbocycles. The fourth-order valence-corrected chi connectivity index (χ4v) is 1.23. The minimum atomic E-state index is -0.598. The van der Waals surface area contributed by atoms with E-state index in [0.717, 1.165) is 0 Å². The molecule has 1 atom stereocenters. The number of alkyl carbamates (subject to hydrolysis) is 1. The van der Waals surface area contributed by atoms with Gasteiger partial charge in [-0.2, -0.15) is 0 Å². The first-order valence-corrected chi connectivity index (χ1v) is 5.76. The van der Waals surface area contributed by atoms with E-state index in [-0.39, 0.29) is 11.6 Å². The molecule has 0 bridgehead atoms. The second kappa shape index (κ2) is 5.73. The molecule has 1 aromatic heterocycles. The lowest BCUT2D eigenvalue weighted by Crippen LogP contribution is -2.34. The lowest BCUT2D eigenvalue weighted by atomic mass is 10.2. The molecule has 0 aliphatic heterocycles. The van der Waals surface area contributed by atoms with Gasteiger partial charge in [0, 0.05) is 0 Å². The van der Waals surface area contributed by atoms with E-state index in [1.165, 1.54) is 13.4 Å². The van der Waals surface area contributed by atoms with Crippen molar-refractivity contribution in [1.29, 1.82) is 0 Å². The summed E-state index contributed by atoms with van der Waals surface area (Å²) in [5, 5.41) is 2.55. The summed E-state index contributed by atoms with van der Waals surface area (Å²) in [6.07, 6.45) is 0.590. The maximum absolute atomic E-state index is 11.5. The second-order valence-corrected chi connectivity index (χ2v) is 4.93. The molecule has 106 valence electrons. The van der Waals surface area contributed by atoms with Crippen LogP contribution in [0.1, 0.15) is 50.1 Å². The van der Waals surface area contributed by atoms with Crippen LogP contribution in [0, 0.1) is 0 Å². The van der Waals surface area contributed by atoms with Gasteiger partial charge in [-0.15, -0.1) is 0 Å². The van der Waals surface area contributed by atoms with Gasteiger partial charge >= 0.3 is 12.1 Å². The van der Waals surface area contributed by atoms with Crippen molar-refractivity contribution < 1.29 is 23.5 Å². The van der Waals surface area contributed by atoms with Crippen LogP contribution in [0.4, 0.5) is 4.79 Å². The molecular weight excluding hydrogens is 252 g/mol. The standard InChI is InChI=1S/C12H18N2O5/c1-7(13-11(16)19-12(2,3)4)9-14-8(6-18-9)10(15)17-5/h6-7H,1-5H3,(H,13,16)/t7-/m0/s1. The van der Waals surface area contributed by atoms with Crippen LogP contribution in [0.15, 0.2) is 10.7 Å². The normalized spacial score (nSPS) is 12.7. The fraction of sp³-hybridized carbons (Fsp3) is 0.583. The molecule has 1 amide bonds. The topological polar surface area (TPSA) is 90.7 Å². The number of ether oxygens (including phenoxy) is 2. The summed E-state index contributed by atoms with van der Waals surface area (Å²) in [6, 6.07) is -0.520. The Morgan fingerprint density at radius 2 is 2.05 bits per heavy atom. The Morgan fingerprint density at radius 1 is 1.42 bits per heavy atom. The largest absolute Gasteiger partial charge is 0.464 e. The van der Waals surface area contributed by atoms with Crippen molar-refractivity contribution in [2.24, 2.45) is 0 Å². The van der Waals surface area contributed by atoms with Gasteiger partial charge in [0.15, 0.2) is 5.69 Å². The Hall–Kier alpha value is -2.05. The van der Waals surface area contributed by atoms with E-state index < -0.39 is 23.7 Å². The van der Waals surface area contributed by atoms with Gasteiger partial charge in [0.2, 0.25) is 5.89 Å². The van der Waals surface area contributed by atoms with Crippen LogP contribution in [0.5, 0.6) is 0 Å². The van der Waals surface area contributed by atoms with Gasteiger partial charge in [-0.05, 0) is 27.7 Å². The minimum absolute atomic E-state index is 0.0512. The minimum Gasteiger partial charge on any atom is -0.464 e. The second-order valence-electron chi connectivity index (χ2n) is 4.93. The van der Waals surface area contributed by atoms with Crippen LogP contribution >= 0.6 is 0 Å². The van der Waals surface area contributed by atoms with Crippen LogP contribution in [-0.4, -0.2) is 29.8 Å². The lowest BCUT2D eigenvalue weighted by Gasteiger charge is -2.20. The van der Waals surface area contributed by atoms with Crippen molar-refractivity contribution in [2.75, 3.05) is 7.11 Å². The molecule has 1 N–H and O–H groups in total. The summed E-state index contributed by atoms with van der Waals surface area (Å²) in [5.41, 5.74) is -0.535. The number of carbonyl (C=O) groups is 2. The summed E-state index contributed by atoms with van der Waals surface area (Å²) < 4.78 is 14.7. The average molecular weight is 270 g/mol. The molecule has 7 heteroatoms. The molecule has 0 saturated carbocycles. The number of methoxy groups -OCH3 is 1.